The molecular formula is C27H35N7O6. The van der Waals surface area contributed by atoms with Crippen LogP contribution in [0.1, 0.15) is 40.0 Å². The second-order valence-corrected chi connectivity index (χ2v) is 8.84. The standard InChI is InChI=1S/C27H35N7O6/c28-23-7-6-22-25-20(23)4-1-5-21(25)26(36)34(27(22)37)13-10-31-24(35)8-9-30-11-18-39-16-2-14-38-15-3-17-40-19-12-32-33-29/h1,4-7,11H,2-3,8-10,12-19,28H2,(H,31,35). The van der Waals surface area contributed by atoms with Crippen LogP contribution in [-0.4, -0.2) is 94.7 Å². The molecule has 2 aromatic carbocycles. The van der Waals surface area contributed by atoms with Crippen molar-refractivity contribution in [2.24, 2.45) is 10.1 Å². The Morgan fingerprint density at radius 3 is 2.42 bits per heavy atom. The third-order valence-electron chi connectivity index (χ3n) is 6.03. The molecule has 13 heteroatoms. The van der Waals surface area contributed by atoms with E-state index in [9.17, 15) is 14.4 Å². The minimum Gasteiger partial charge on any atom is -0.398 e. The van der Waals surface area contributed by atoms with Gasteiger partial charge in [0.15, 0.2) is 0 Å². The molecule has 0 aliphatic carbocycles. The molecule has 1 heterocycles. The van der Waals surface area contributed by atoms with Gasteiger partial charge in [-0.05, 0) is 36.6 Å². The van der Waals surface area contributed by atoms with Crippen LogP contribution in [-0.2, 0) is 19.0 Å². The van der Waals surface area contributed by atoms with Gasteiger partial charge in [0.25, 0.3) is 11.8 Å². The van der Waals surface area contributed by atoms with Crippen molar-refractivity contribution in [1.82, 2.24) is 10.2 Å². The van der Waals surface area contributed by atoms with E-state index in [2.05, 4.69) is 20.3 Å². The molecule has 0 saturated carbocycles. The van der Waals surface area contributed by atoms with E-state index in [1.54, 1.807) is 36.5 Å². The van der Waals surface area contributed by atoms with Gasteiger partial charge in [-0.2, -0.15) is 0 Å². The molecule has 3 rings (SSSR count). The van der Waals surface area contributed by atoms with Gasteiger partial charge in [-0.15, -0.1) is 0 Å². The van der Waals surface area contributed by atoms with Crippen molar-refractivity contribution in [2.75, 3.05) is 71.6 Å². The maximum absolute atomic E-state index is 12.9. The second kappa shape index (κ2) is 16.8. The zero-order valence-electron chi connectivity index (χ0n) is 22.4. The number of amides is 3. The average molecular weight is 554 g/mol. The molecule has 0 unspecified atom stereocenters. The second-order valence-electron chi connectivity index (χ2n) is 8.84. The SMILES string of the molecule is [N-]=[N+]=NCCOCCCOCCCOCC=NCCC(=O)NCCN1C(=O)c2cccc3c(N)ccc(c23)C1=O. The number of hydrogen-bond acceptors (Lipinski definition) is 9. The van der Waals surface area contributed by atoms with Crippen molar-refractivity contribution < 1.29 is 28.6 Å². The molecule has 2 aromatic rings. The van der Waals surface area contributed by atoms with Crippen molar-refractivity contribution in [3.8, 4) is 0 Å². The number of nitrogens with zero attached hydrogens (tertiary/aromatic N) is 5. The molecule has 3 amide bonds. The Morgan fingerprint density at radius 2 is 1.68 bits per heavy atom. The van der Waals surface area contributed by atoms with Crippen molar-refractivity contribution >= 4 is 40.4 Å². The minimum atomic E-state index is -0.399. The van der Waals surface area contributed by atoms with Gasteiger partial charge in [-0.1, -0.05) is 17.2 Å². The molecular weight excluding hydrogens is 518 g/mol. The smallest absolute Gasteiger partial charge is 0.261 e. The highest BCUT2D eigenvalue weighted by atomic mass is 16.5. The number of ether oxygens (including phenoxy) is 3. The predicted octanol–water partition coefficient (Wildman–Crippen LogP) is 2.74. The average Bonchev–Trinajstić information content (AvgIpc) is 2.96. The Labute approximate surface area is 232 Å². The zero-order valence-corrected chi connectivity index (χ0v) is 22.4. The van der Waals surface area contributed by atoms with Gasteiger partial charge in [0.1, 0.15) is 0 Å². The maximum Gasteiger partial charge on any atom is 0.261 e. The van der Waals surface area contributed by atoms with Crippen LogP contribution in [0.15, 0.2) is 40.4 Å². The van der Waals surface area contributed by atoms with E-state index in [0.29, 0.717) is 80.3 Å². The lowest BCUT2D eigenvalue weighted by atomic mass is 9.93. The van der Waals surface area contributed by atoms with Crippen molar-refractivity contribution in [3.05, 3.63) is 51.9 Å². The normalized spacial score (nSPS) is 12.8. The summed E-state index contributed by atoms with van der Waals surface area (Å²) < 4.78 is 16.2. The molecule has 3 N–H and O–H groups in total. The zero-order chi connectivity index (χ0) is 28.6. The van der Waals surface area contributed by atoms with Crippen LogP contribution >= 0.6 is 0 Å². The highest BCUT2D eigenvalue weighted by Crippen LogP contribution is 2.32. The molecule has 0 fully saturated rings. The molecule has 1 aliphatic heterocycles. The molecule has 0 atom stereocenters. The van der Waals surface area contributed by atoms with Gasteiger partial charge in [0.05, 0.1) is 13.2 Å². The van der Waals surface area contributed by atoms with Crippen LogP contribution in [0.5, 0.6) is 0 Å². The van der Waals surface area contributed by atoms with Gasteiger partial charge in [0, 0.05) is 97.7 Å². The largest absolute Gasteiger partial charge is 0.398 e. The molecule has 0 aromatic heterocycles. The number of nitrogens with two attached hydrogens (primary N) is 1. The molecule has 0 bridgehead atoms. The van der Waals surface area contributed by atoms with Crippen molar-refractivity contribution in [1.29, 1.82) is 0 Å². The number of benzene rings is 2. The van der Waals surface area contributed by atoms with E-state index in [1.807, 2.05) is 0 Å². The first-order valence-electron chi connectivity index (χ1n) is 13.2. The number of nitrogen functional groups attached to an aromatic ring is 1. The summed E-state index contributed by atoms with van der Waals surface area (Å²) in [5.41, 5.74) is 15.5. The summed E-state index contributed by atoms with van der Waals surface area (Å²) in [5, 5.41) is 7.37. The molecule has 13 nitrogen and oxygen atoms in total. The van der Waals surface area contributed by atoms with E-state index in [0.717, 1.165) is 17.7 Å². The number of carbonyl (C=O) groups excluding carboxylic acids is 3. The van der Waals surface area contributed by atoms with Crippen LogP contribution in [0, 0.1) is 0 Å². The van der Waals surface area contributed by atoms with E-state index >= 15 is 0 Å². The first-order chi connectivity index (χ1) is 19.5. The van der Waals surface area contributed by atoms with Crippen LogP contribution in [0.3, 0.4) is 0 Å². The van der Waals surface area contributed by atoms with Gasteiger partial charge >= 0.3 is 0 Å². The number of azide groups is 1. The third-order valence-corrected chi connectivity index (χ3v) is 6.03. The summed E-state index contributed by atoms with van der Waals surface area (Å²) in [7, 11) is 0. The summed E-state index contributed by atoms with van der Waals surface area (Å²) >= 11 is 0. The molecule has 0 radical (unpaired) electrons. The van der Waals surface area contributed by atoms with Crippen molar-refractivity contribution in [2.45, 2.75) is 19.3 Å². The maximum atomic E-state index is 12.9. The van der Waals surface area contributed by atoms with E-state index in [4.69, 9.17) is 25.5 Å². The Hall–Kier alpha value is -4.03. The van der Waals surface area contributed by atoms with E-state index in [1.165, 1.54) is 0 Å². The quantitative estimate of drug-likeness (QED) is 0.0510. The number of imide groups is 1. The van der Waals surface area contributed by atoms with Gasteiger partial charge in [-0.3, -0.25) is 24.3 Å². The summed E-state index contributed by atoms with van der Waals surface area (Å²) in [6.07, 6.45) is 3.33. The van der Waals surface area contributed by atoms with Crippen LogP contribution in [0.4, 0.5) is 5.69 Å². The summed E-state index contributed by atoms with van der Waals surface area (Å²) in [6, 6.07) is 8.51. The molecule has 0 spiro atoms. The van der Waals surface area contributed by atoms with Gasteiger partial charge in [-0.25, -0.2) is 0 Å². The first kappa shape index (κ1) is 30.5. The van der Waals surface area contributed by atoms with Gasteiger partial charge < -0.3 is 25.3 Å². The number of anilines is 1. The number of nitrogens with one attached hydrogen (secondary N) is 1. The molecule has 214 valence electrons. The highest BCUT2D eigenvalue weighted by molar-refractivity contribution is 6.26. The Kier molecular flexibility index (Phi) is 12.8. The fourth-order valence-electron chi connectivity index (χ4n) is 4.09. The monoisotopic (exact) mass is 553 g/mol. The lowest BCUT2D eigenvalue weighted by Gasteiger charge is -2.27. The molecule has 40 heavy (non-hydrogen) atoms. The van der Waals surface area contributed by atoms with Crippen LogP contribution in [0.2, 0.25) is 0 Å². The van der Waals surface area contributed by atoms with E-state index < -0.39 is 11.8 Å². The summed E-state index contributed by atoms with van der Waals surface area (Å²) in [6.45, 7) is 3.89. The Morgan fingerprint density at radius 1 is 0.975 bits per heavy atom. The Balaban J connectivity index is 1.21. The summed E-state index contributed by atoms with van der Waals surface area (Å²) in [4.78, 5) is 46.0. The summed E-state index contributed by atoms with van der Waals surface area (Å²) in [5.74, 6) is -1.02. The fraction of sp³-hybridized carbons (Fsp3) is 0.481. The lowest BCUT2D eigenvalue weighted by Crippen LogP contribution is -2.44. The Bertz CT molecular complexity index is 1220. The van der Waals surface area contributed by atoms with Crippen LogP contribution < -0.4 is 11.1 Å². The number of hydrogen-bond donors (Lipinski definition) is 2. The first-order valence-corrected chi connectivity index (χ1v) is 13.2. The molecule has 0 saturated heterocycles. The number of carbonyl (C=O) groups is 3. The topological polar surface area (TPSA) is 181 Å². The minimum absolute atomic E-state index is 0.0666. The van der Waals surface area contributed by atoms with Crippen LogP contribution in [0.25, 0.3) is 21.2 Å². The highest BCUT2D eigenvalue weighted by Gasteiger charge is 2.32. The number of aliphatic imine (C=N–C) groups is 1. The van der Waals surface area contributed by atoms with Crippen molar-refractivity contribution in [3.63, 3.8) is 0 Å². The predicted molar refractivity (Wildman–Crippen MR) is 150 cm³/mol. The third kappa shape index (κ3) is 9.02. The molecule has 1 aliphatic rings. The lowest BCUT2D eigenvalue weighted by molar-refractivity contribution is -0.120. The van der Waals surface area contributed by atoms with Gasteiger partial charge in [0.2, 0.25) is 5.91 Å². The van der Waals surface area contributed by atoms with E-state index in [-0.39, 0.29) is 25.4 Å². The number of rotatable bonds is 19. The fourth-order valence-corrected chi connectivity index (χ4v) is 4.09.